The van der Waals surface area contributed by atoms with E-state index in [4.69, 9.17) is 14.2 Å². The summed E-state index contributed by atoms with van der Waals surface area (Å²) >= 11 is 0. The molecule has 1 aromatic heterocycles. The normalized spacial score (nSPS) is 29.2. The molecular formula is C38H46F5N5O10S. The molecule has 2 aliphatic heterocycles. The summed E-state index contributed by atoms with van der Waals surface area (Å²) in [6.45, 7) is 2.20. The quantitative estimate of drug-likeness (QED) is 0.239. The molecular weight excluding hydrogens is 814 g/mol. The van der Waals surface area contributed by atoms with E-state index in [9.17, 15) is 54.7 Å². The highest BCUT2D eigenvalue weighted by Crippen LogP contribution is 2.48. The number of nitrogens with zero attached hydrogens (tertiary/aromatic N) is 3. The van der Waals surface area contributed by atoms with Crippen molar-refractivity contribution in [1.29, 1.82) is 0 Å². The largest absolute Gasteiger partial charge is 0.496 e. The van der Waals surface area contributed by atoms with Crippen LogP contribution in [0.4, 0.5) is 26.7 Å². The van der Waals surface area contributed by atoms with Crippen LogP contribution in [0.1, 0.15) is 66.2 Å². The second-order valence-electron chi connectivity index (χ2n) is 16.1. The minimum Gasteiger partial charge on any atom is -0.496 e. The van der Waals surface area contributed by atoms with Gasteiger partial charge in [0.05, 0.1) is 31.2 Å². The highest BCUT2D eigenvalue weighted by atomic mass is 32.2. The van der Waals surface area contributed by atoms with Gasteiger partial charge in [0.25, 0.3) is 5.91 Å². The standard InChI is InChI=1S/C38H46F5N5O10S/c1-20-8-6-7-9-22-17-37(22,33(51)46-59(54,55)36(19-39)11-12-36)45-30(49)27-16-24(58-31-26-14-23(40)15-28(56-5)25(26)10-13-44-31)18-47(27)32(50)29(21(2)57-20)48(34(52)53)35(3,4)38(41,42)43/h7,9-10,13-15,20-22,24,27,29H,6,8,11-12,16-19H2,1-5H3,(H,45,49)(H,46,51)(H,52,53)/b9-7-/t20-,21+,22-,24-,27+,29+,37-/m1/s1. The topological polar surface area (TPSA) is 194 Å². The van der Waals surface area contributed by atoms with Gasteiger partial charge in [-0.3, -0.25) is 24.0 Å². The molecule has 324 valence electrons. The molecule has 15 nitrogen and oxygen atoms in total. The molecule has 1 aromatic carbocycles. The average molecular weight is 860 g/mol. The fourth-order valence-corrected chi connectivity index (χ4v) is 9.27. The Hall–Kier alpha value is -4.79. The average Bonchev–Trinajstić information content (AvgIpc) is 4.05. The molecule has 2 aromatic rings. The molecule has 2 saturated carbocycles. The summed E-state index contributed by atoms with van der Waals surface area (Å²) in [6, 6.07) is -0.111. The molecule has 0 bridgehead atoms. The number of methoxy groups -OCH3 is 1. The van der Waals surface area contributed by atoms with Crippen molar-refractivity contribution < 1.29 is 68.9 Å². The first-order valence-corrected chi connectivity index (χ1v) is 20.5. The third-order valence-electron chi connectivity index (χ3n) is 11.8. The van der Waals surface area contributed by atoms with Gasteiger partial charge in [0.2, 0.25) is 27.7 Å². The van der Waals surface area contributed by atoms with E-state index in [2.05, 4.69) is 10.3 Å². The molecule has 6 rings (SSSR count). The minimum atomic E-state index is -5.20. The number of alkyl halides is 4. The van der Waals surface area contributed by atoms with E-state index in [0.717, 1.165) is 17.0 Å². The molecule has 4 aliphatic rings. The Labute approximate surface area is 336 Å². The lowest BCUT2D eigenvalue weighted by atomic mass is 9.96. The van der Waals surface area contributed by atoms with E-state index in [1.54, 1.807) is 19.1 Å². The summed E-state index contributed by atoms with van der Waals surface area (Å²) in [4.78, 5) is 61.1. The lowest BCUT2D eigenvalue weighted by molar-refractivity contribution is -0.225. The minimum absolute atomic E-state index is 0.0291. The van der Waals surface area contributed by atoms with Crippen molar-refractivity contribution in [1.82, 2.24) is 24.8 Å². The Morgan fingerprint density at radius 2 is 1.86 bits per heavy atom. The molecule has 3 N–H and O–H groups in total. The Kier molecular flexibility index (Phi) is 11.6. The second kappa shape index (κ2) is 15.7. The van der Waals surface area contributed by atoms with Crippen LogP contribution in [0.5, 0.6) is 11.6 Å². The van der Waals surface area contributed by atoms with Crippen LogP contribution in [-0.2, 0) is 29.1 Å². The number of rotatable bonds is 9. The Morgan fingerprint density at radius 1 is 1.17 bits per heavy atom. The van der Waals surface area contributed by atoms with Crippen molar-refractivity contribution in [2.75, 3.05) is 20.3 Å². The maximum Gasteiger partial charge on any atom is 0.411 e. The predicted molar refractivity (Wildman–Crippen MR) is 199 cm³/mol. The Morgan fingerprint density at radius 3 is 2.47 bits per heavy atom. The smallest absolute Gasteiger partial charge is 0.411 e. The number of sulfonamides is 1. The van der Waals surface area contributed by atoms with E-state index in [1.165, 1.54) is 26.3 Å². The zero-order chi connectivity index (χ0) is 43.5. The van der Waals surface area contributed by atoms with E-state index in [1.807, 2.05) is 4.72 Å². The Balaban J connectivity index is 1.43. The number of aromatic nitrogens is 1. The molecule has 3 fully saturated rings. The molecule has 4 amide bonds. The van der Waals surface area contributed by atoms with Gasteiger partial charge in [-0.15, -0.1) is 0 Å². The van der Waals surface area contributed by atoms with Crippen molar-refractivity contribution in [3.05, 3.63) is 42.4 Å². The maximum absolute atomic E-state index is 14.9. The fourth-order valence-electron chi connectivity index (χ4n) is 7.84. The van der Waals surface area contributed by atoms with Crippen molar-refractivity contribution >= 4 is 44.6 Å². The number of allylic oxidation sites excluding steroid dienone is 1. The molecule has 3 heterocycles. The molecule has 0 unspecified atom stereocenters. The number of amides is 4. The van der Waals surface area contributed by atoms with E-state index >= 15 is 0 Å². The van der Waals surface area contributed by atoms with Gasteiger partial charge >= 0.3 is 12.3 Å². The summed E-state index contributed by atoms with van der Waals surface area (Å²) in [5.41, 5.74) is -5.09. The third-order valence-corrected chi connectivity index (χ3v) is 13.9. The van der Waals surface area contributed by atoms with Gasteiger partial charge < -0.3 is 29.5 Å². The number of carboxylic acid groups (broad SMARTS) is 1. The summed E-state index contributed by atoms with van der Waals surface area (Å²) in [5, 5.41) is 13.5. The lowest BCUT2D eigenvalue weighted by Crippen LogP contribution is -2.67. The van der Waals surface area contributed by atoms with Gasteiger partial charge in [0, 0.05) is 30.0 Å². The van der Waals surface area contributed by atoms with E-state index in [0.29, 0.717) is 19.2 Å². The zero-order valence-corrected chi connectivity index (χ0v) is 33.7. The zero-order valence-electron chi connectivity index (χ0n) is 32.8. The van der Waals surface area contributed by atoms with Crippen LogP contribution in [0.15, 0.2) is 36.5 Å². The molecule has 7 atom stereocenters. The summed E-state index contributed by atoms with van der Waals surface area (Å²) < 4.78 is 116. The highest BCUT2D eigenvalue weighted by molar-refractivity contribution is 7.91. The van der Waals surface area contributed by atoms with Gasteiger partial charge in [-0.25, -0.2) is 27.0 Å². The number of pyridine rings is 1. The number of nitrogens with one attached hydrogen (secondary N) is 2. The first kappa shape index (κ1) is 43.8. The van der Waals surface area contributed by atoms with E-state index < -0.39 is 118 Å². The van der Waals surface area contributed by atoms with Crippen molar-refractivity contribution in [3.8, 4) is 11.6 Å². The van der Waals surface area contributed by atoms with Crippen LogP contribution in [0, 0.1) is 11.7 Å². The number of hydrogen-bond donors (Lipinski definition) is 3. The van der Waals surface area contributed by atoms with Crippen molar-refractivity contribution in [3.63, 3.8) is 0 Å². The molecule has 21 heteroatoms. The number of halogens is 5. The van der Waals surface area contributed by atoms with Gasteiger partial charge in [0.1, 0.15) is 52.3 Å². The van der Waals surface area contributed by atoms with Crippen LogP contribution in [0.25, 0.3) is 10.8 Å². The van der Waals surface area contributed by atoms with Crippen LogP contribution >= 0.6 is 0 Å². The molecule has 59 heavy (non-hydrogen) atoms. The van der Waals surface area contributed by atoms with Gasteiger partial charge in [-0.2, -0.15) is 13.2 Å². The Bertz CT molecular complexity index is 2150. The van der Waals surface area contributed by atoms with Crippen LogP contribution in [0.2, 0.25) is 0 Å². The molecule has 0 radical (unpaired) electrons. The summed E-state index contributed by atoms with van der Waals surface area (Å²) in [6.07, 6.45) is -6.31. The summed E-state index contributed by atoms with van der Waals surface area (Å²) in [7, 11) is -3.23. The highest BCUT2D eigenvalue weighted by Gasteiger charge is 2.64. The number of benzene rings is 1. The number of fused-ring (bicyclic) bond motifs is 3. The van der Waals surface area contributed by atoms with E-state index in [-0.39, 0.29) is 54.0 Å². The van der Waals surface area contributed by atoms with Gasteiger partial charge in [-0.05, 0) is 71.9 Å². The van der Waals surface area contributed by atoms with Crippen molar-refractivity contribution in [2.24, 2.45) is 5.92 Å². The molecule has 1 saturated heterocycles. The SMILES string of the molecule is COc1cc(F)cc2c(O[C@@H]3C[C@H]4C(=O)N[C@]5(C(=O)NS(=O)(=O)C6(CF)CC6)C[C@H]5/C=C\CC[C@@H](C)O[C@@H](C)[C@H](N(C(=O)O)C(C)(C)C(F)(F)F)C(=O)N4C3)nccc12. The second-order valence-corrected chi connectivity index (χ2v) is 18.2. The van der Waals surface area contributed by atoms with Gasteiger partial charge in [-0.1, -0.05) is 12.2 Å². The van der Waals surface area contributed by atoms with Crippen LogP contribution < -0.4 is 19.5 Å². The first-order chi connectivity index (χ1) is 27.5. The predicted octanol–water partition coefficient (Wildman–Crippen LogP) is 4.39. The van der Waals surface area contributed by atoms with Crippen LogP contribution in [0.3, 0.4) is 0 Å². The lowest BCUT2D eigenvalue weighted by Gasteiger charge is -2.45. The molecule has 0 spiro atoms. The number of hydrogen-bond acceptors (Lipinski definition) is 10. The third kappa shape index (κ3) is 8.11. The monoisotopic (exact) mass is 859 g/mol. The number of ether oxygens (including phenoxy) is 3. The fraction of sp³-hybridized carbons (Fsp3) is 0.605. The maximum atomic E-state index is 14.9. The summed E-state index contributed by atoms with van der Waals surface area (Å²) in [5.74, 6) is -5.00. The van der Waals surface area contributed by atoms with Gasteiger partial charge in [0.15, 0.2) is 0 Å². The number of carbonyl (C=O) groups excluding carboxylic acids is 3. The first-order valence-electron chi connectivity index (χ1n) is 19.0. The number of carbonyl (C=O) groups is 4. The molecule has 2 aliphatic carbocycles. The van der Waals surface area contributed by atoms with Crippen molar-refractivity contribution in [2.45, 2.75) is 119 Å². The van der Waals surface area contributed by atoms with Crippen LogP contribution in [-0.4, -0.2) is 125 Å².